The molecule has 1 heterocycles. The summed E-state index contributed by atoms with van der Waals surface area (Å²) in [5, 5.41) is 0. The lowest BCUT2D eigenvalue weighted by atomic mass is 9.90. The van der Waals surface area contributed by atoms with Gasteiger partial charge < -0.3 is 14.2 Å². The first-order chi connectivity index (χ1) is 10.9. The number of aliphatic imine (C=N–C) groups is 2. The zero-order chi connectivity index (χ0) is 17.0. The average Bonchev–Trinajstić information content (AvgIpc) is 2.54. The minimum absolute atomic E-state index is 0.0982. The van der Waals surface area contributed by atoms with Gasteiger partial charge in [-0.25, -0.2) is 9.98 Å². The van der Waals surface area contributed by atoms with Crippen molar-refractivity contribution in [2.75, 3.05) is 21.3 Å². The van der Waals surface area contributed by atoms with Crippen LogP contribution < -0.4 is 4.74 Å². The van der Waals surface area contributed by atoms with Gasteiger partial charge in [0.25, 0.3) is 0 Å². The van der Waals surface area contributed by atoms with Crippen molar-refractivity contribution in [3.63, 3.8) is 0 Å². The Bertz CT molecular complexity index is 593. The molecule has 0 spiro atoms. The summed E-state index contributed by atoms with van der Waals surface area (Å²) in [5.41, 5.74) is 0.570. The van der Waals surface area contributed by atoms with E-state index >= 15 is 0 Å². The van der Waals surface area contributed by atoms with Crippen LogP contribution in [0, 0.1) is 5.92 Å². The Labute approximate surface area is 138 Å². The first-order valence-corrected chi connectivity index (χ1v) is 7.82. The summed E-state index contributed by atoms with van der Waals surface area (Å²) in [4.78, 5) is 9.58. The molecule has 0 unspecified atom stereocenters. The van der Waals surface area contributed by atoms with Crippen LogP contribution in [0.25, 0.3) is 0 Å². The van der Waals surface area contributed by atoms with Crippen LogP contribution in [0.4, 0.5) is 0 Å². The standard InChI is InChI=1S/C18H26N2O3/c1-12(2)15-16(22-5)20-18(3,17(19-15)23-6)11-13-7-9-14(21-4)10-8-13/h7-10,12,15H,11H2,1-6H3/t15-,18+/m0/s1. The predicted molar refractivity (Wildman–Crippen MR) is 92.6 cm³/mol. The molecule has 2 rings (SSSR count). The molecule has 0 bridgehead atoms. The third kappa shape index (κ3) is 3.66. The van der Waals surface area contributed by atoms with E-state index in [9.17, 15) is 0 Å². The van der Waals surface area contributed by atoms with Crippen LogP contribution in [0.5, 0.6) is 5.75 Å². The van der Waals surface area contributed by atoms with Crippen LogP contribution in [0.2, 0.25) is 0 Å². The summed E-state index contributed by atoms with van der Waals surface area (Å²) in [7, 11) is 4.96. The molecule has 1 aromatic rings. The number of nitrogens with zero attached hydrogens (tertiary/aromatic N) is 2. The highest BCUT2D eigenvalue weighted by atomic mass is 16.5. The fourth-order valence-electron chi connectivity index (χ4n) is 2.81. The van der Waals surface area contributed by atoms with Gasteiger partial charge in [-0.3, -0.25) is 0 Å². The molecule has 0 fully saturated rings. The maximum absolute atomic E-state index is 5.56. The van der Waals surface area contributed by atoms with E-state index in [-0.39, 0.29) is 6.04 Å². The van der Waals surface area contributed by atoms with Crippen LogP contribution in [0.15, 0.2) is 34.3 Å². The normalized spacial score (nSPS) is 24.0. The molecule has 5 heteroatoms. The summed E-state index contributed by atoms with van der Waals surface area (Å²) >= 11 is 0. The fraction of sp³-hybridized carbons (Fsp3) is 0.556. The van der Waals surface area contributed by atoms with E-state index in [1.54, 1.807) is 21.3 Å². The minimum atomic E-state index is -0.569. The summed E-state index contributed by atoms with van der Waals surface area (Å²) < 4.78 is 16.3. The van der Waals surface area contributed by atoms with E-state index in [1.807, 2.05) is 31.2 Å². The molecule has 1 aliphatic rings. The first-order valence-electron chi connectivity index (χ1n) is 7.82. The van der Waals surface area contributed by atoms with Crippen molar-refractivity contribution in [2.45, 2.75) is 38.8 Å². The lowest BCUT2D eigenvalue weighted by Crippen LogP contribution is -2.46. The van der Waals surface area contributed by atoms with Crippen molar-refractivity contribution in [3.05, 3.63) is 29.8 Å². The summed E-state index contributed by atoms with van der Waals surface area (Å²) in [5.74, 6) is 2.44. The fourth-order valence-corrected chi connectivity index (χ4v) is 2.81. The topological polar surface area (TPSA) is 52.4 Å². The van der Waals surface area contributed by atoms with E-state index in [2.05, 4.69) is 13.8 Å². The summed E-state index contributed by atoms with van der Waals surface area (Å²) in [6.07, 6.45) is 0.682. The van der Waals surface area contributed by atoms with Crippen LogP contribution in [-0.2, 0) is 15.9 Å². The highest BCUT2D eigenvalue weighted by molar-refractivity contribution is 5.96. The van der Waals surface area contributed by atoms with Gasteiger partial charge in [0.2, 0.25) is 11.8 Å². The molecule has 126 valence electrons. The van der Waals surface area contributed by atoms with Gasteiger partial charge in [-0.05, 0) is 30.5 Å². The van der Waals surface area contributed by atoms with Gasteiger partial charge in [0.1, 0.15) is 17.3 Å². The Balaban J connectivity index is 2.33. The molecule has 23 heavy (non-hydrogen) atoms. The Morgan fingerprint density at radius 3 is 2.17 bits per heavy atom. The third-order valence-electron chi connectivity index (χ3n) is 4.07. The van der Waals surface area contributed by atoms with Crippen molar-refractivity contribution in [1.29, 1.82) is 0 Å². The molecule has 0 radical (unpaired) electrons. The quantitative estimate of drug-likeness (QED) is 0.857. The number of hydrogen-bond acceptors (Lipinski definition) is 5. The maximum atomic E-state index is 5.56. The first kappa shape index (κ1) is 17.3. The van der Waals surface area contributed by atoms with Gasteiger partial charge in [0.15, 0.2) is 0 Å². The van der Waals surface area contributed by atoms with E-state index in [0.717, 1.165) is 11.3 Å². The second-order valence-corrected chi connectivity index (χ2v) is 6.28. The molecule has 0 saturated heterocycles. The number of methoxy groups -OCH3 is 3. The van der Waals surface area contributed by atoms with E-state index in [0.29, 0.717) is 24.1 Å². The van der Waals surface area contributed by atoms with Crippen LogP contribution >= 0.6 is 0 Å². The van der Waals surface area contributed by atoms with Gasteiger partial charge in [-0.2, -0.15) is 0 Å². The molecule has 0 aromatic heterocycles. The minimum Gasteiger partial charge on any atom is -0.497 e. The van der Waals surface area contributed by atoms with Gasteiger partial charge in [0, 0.05) is 6.42 Å². The van der Waals surface area contributed by atoms with Crippen molar-refractivity contribution < 1.29 is 14.2 Å². The number of hydrogen-bond donors (Lipinski definition) is 0. The number of rotatable bonds is 4. The molecular weight excluding hydrogens is 292 g/mol. The smallest absolute Gasteiger partial charge is 0.212 e. The number of benzene rings is 1. The lowest BCUT2D eigenvalue weighted by Gasteiger charge is -2.33. The summed E-state index contributed by atoms with van der Waals surface area (Å²) in [6, 6.07) is 7.87. The number of ether oxygens (including phenoxy) is 3. The molecule has 0 aliphatic carbocycles. The third-order valence-corrected chi connectivity index (χ3v) is 4.07. The second-order valence-electron chi connectivity index (χ2n) is 6.28. The van der Waals surface area contributed by atoms with Crippen LogP contribution in [0.1, 0.15) is 26.3 Å². The van der Waals surface area contributed by atoms with Crippen molar-refractivity contribution in [2.24, 2.45) is 15.9 Å². The van der Waals surface area contributed by atoms with Gasteiger partial charge in [-0.1, -0.05) is 26.0 Å². The molecule has 1 aromatic carbocycles. The predicted octanol–water partition coefficient (Wildman–Crippen LogP) is 3.12. The van der Waals surface area contributed by atoms with Crippen molar-refractivity contribution in [1.82, 2.24) is 0 Å². The second kappa shape index (κ2) is 7.02. The van der Waals surface area contributed by atoms with Crippen molar-refractivity contribution >= 4 is 11.8 Å². The average molecular weight is 318 g/mol. The maximum Gasteiger partial charge on any atom is 0.212 e. The molecule has 0 amide bonds. The van der Waals surface area contributed by atoms with Gasteiger partial charge in [0.05, 0.1) is 21.3 Å². The molecule has 0 saturated carbocycles. The monoisotopic (exact) mass is 318 g/mol. The van der Waals surface area contributed by atoms with E-state index in [1.165, 1.54) is 0 Å². The Morgan fingerprint density at radius 2 is 1.70 bits per heavy atom. The zero-order valence-corrected chi connectivity index (χ0v) is 14.8. The molecule has 0 N–H and O–H groups in total. The highest BCUT2D eigenvalue weighted by Crippen LogP contribution is 2.28. The van der Waals surface area contributed by atoms with Crippen LogP contribution in [-0.4, -0.2) is 44.7 Å². The molecule has 5 nitrogen and oxygen atoms in total. The molecule has 2 atom stereocenters. The SMILES string of the molecule is COC1=N[C@](C)(Cc2ccc(OC)cc2)C(OC)=N[C@H]1C(C)C. The van der Waals surface area contributed by atoms with Crippen molar-refractivity contribution in [3.8, 4) is 5.75 Å². The Morgan fingerprint density at radius 1 is 1.04 bits per heavy atom. The molecule has 1 aliphatic heterocycles. The van der Waals surface area contributed by atoms with E-state index < -0.39 is 5.54 Å². The lowest BCUT2D eigenvalue weighted by molar-refractivity contribution is 0.309. The Kier molecular flexibility index (Phi) is 5.29. The summed E-state index contributed by atoms with van der Waals surface area (Å²) in [6.45, 7) is 6.22. The van der Waals surface area contributed by atoms with Gasteiger partial charge in [-0.15, -0.1) is 0 Å². The van der Waals surface area contributed by atoms with Gasteiger partial charge >= 0.3 is 0 Å². The van der Waals surface area contributed by atoms with Crippen LogP contribution in [0.3, 0.4) is 0 Å². The largest absolute Gasteiger partial charge is 0.497 e. The zero-order valence-electron chi connectivity index (χ0n) is 14.8. The highest BCUT2D eigenvalue weighted by Gasteiger charge is 2.39. The van der Waals surface area contributed by atoms with E-state index in [4.69, 9.17) is 24.2 Å². The Hall–Kier alpha value is -2.04. The molecular formula is C18H26N2O3.